The van der Waals surface area contributed by atoms with Crippen molar-refractivity contribution in [2.45, 2.75) is 46.0 Å². The highest BCUT2D eigenvalue weighted by Crippen LogP contribution is 2.23. The summed E-state index contributed by atoms with van der Waals surface area (Å²) in [6.07, 6.45) is 0.454. The van der Waals surface area contributed by atoms with E-state index in [4.69, 9.17) is 4.74 Å². The maximum absolute atomic E-state index is 11.4. The number of hydrogen-bond acceptors (Lipinski definition) is 2. The molecule has 0 bridgehead atoms. The zero-order valence-electron chi connectivity index (χ0n) is 11.2. The van der Waals surface area contributed by atoms with Crippen molar-refractivity contribution in [3.63, 3.8) is 0 Å². The van der Waals surface area contributed by atoms with Gasteiger partial charge in [-0.2, -0.15) is 0 Å². The number of carbonyl (C=O) groups excluding carboxylic acids is 1. The molecule has 1 unspecified atom stereocenters. The van der Waals surface area contributed by atoms with Gasteiger partial charge >= 0.3 is 5.97 Å². The summed E-state index contributed by atoms with van der Waals surface area (Å²) in [5.41, 5.74) is 2.53. The fourth-order valence-corrected chi connectivity index (χ4v) is 1.81. The van der Waals surface area contributed by atoms with E-state index in [1.54, 1.807) is 0 Å². The predicted molar refractivity (Wildman–Crippen MR) is 70.2 cm³/mol. The topological polar surface area (TPSA) is 26.3 Å². The molecule has 0 N–H and O–H groups in total. The lowest BCUT2D eigenvalue weighted by molar-refractivity contribution is -0.143. The molecule has 0 spiro atoms. The molecule has 0 aliphatic rings. The summed E-state index contributed by atoms with van der Waals surface area (Å²) < 4.78 is 4.97. The molecule has 0 saturated carbocycles. The van der Waals surface area contributed by atoms with E-state index in [-0.39, 0.29) is 11.9 Å². The second-order valence-electron chi connectivity index (χ2n) is 4.74. The van der Waals surface area contributed by atoms with Crippen LogP contribution in [-0.4, -0.2) is 12.6 Å². The highest BCUT2D eigenvalue weighted by atomic mass is 16.5. The zero-order chi connectivity index (χ0) is 12.8. The van der Waals surface area contributed by atoms with Gasteiger partial charge in [0.15, 0.2) is 0 Å². The molecule has 0 saturated heterocycles. The van der Waals surface area contributed by atoms with Gasteiger partial charge in [-0.1, -0.05) is 45.0 Å². The molecule has 1 rings (SSSR count). The maximum Gasteiger partial charge on any atom is 0.306 e. The van der Waals surface area contributed by atoms with Crippen molar-refractivity contribution in [3.8, 4) is 0 Å². The highest BCUT2D eigenvalue weighted by Gasteiger charge is 2.12. The minimum atomic E-state index is -0.116. The number of ether oxygens (including phenoxy) is 1. The van der Waals surface area contributed by atoms with Crippen LogP contribution in [0.25, 0.3) is 0 Å². The molecule has 1 atom stereocenters. The van der Waals surface area contributed by atoms with Crippen LogP contribution in [0.3, 0.4) is 0 Å². The van der Waals surface area contributed by atoms with Gasteiger partial charge in [0.25, 0.3) is 0 Å². The lowest BCUT2D eigenvalue weighted by Gasteiger charge is -2.13. The van der Waals surface area contributed by atoms with E-state index in [1.165, 1.54) is 11.1 Å². The second kappa shape index (κ2) is 6.43. The van der Waals surface area contributed by atoms with Gasteiger partial charge < -0.3 is 4.74 Å². The molecule has 1 aromatic carbocycles. The van der Waals surface area contributed by atoms with Crippen molar-refractivity contribution in [3.05, 3.63) is 35.4 Å². The summed E-state index contributed by atoms with van der Waals surface area (Å²) in [6, 6.07) is 8.46. The molecule has 0 amide bonds. The molecule has 2 nitrogen and oxygen atoms in total. The van der Waals surface area contributed by atoms with Crippen LogP contribution in [0, 0.1) is 0 Å². The number of esters is 1. The molecule has 17 heavy (non-hydrogen) atoms. The van der Waals surface area contributed by atoms with Crippen LogP contribution in [0.1, 0.15) is 57.1 Å². The number of rotatable bonds is 5. The van der Waals surface area contributed by atoms with Crippen LogP contribution >= 0.6 is 0 Å². The van der Waals surface area contributed by atoms with E-state index in [0.29, 0.717) is 18.9 Å². The SMILES string of the molecule is CCOC(=O)CC(C)c1cccc(C(C)C)c1. The van der Waals surface area contributed by atoms with Crippen LogP contribution in [0.4, 0.5) is 0 Å². The predicted octanol–water partition coefficient (Wildman–Crippen LogP) is 3.87. The van der Waals surface area contributed by atoms with E-state index in [1.807, 2.05) is 6.92 Å². The Bertz CT molecular complexity index is 369. The molecule has 0 heterocycles. The second-order valence-corrected chi connectivity index (χ2v) is 4.74. The molecule has 0 aliphatic heterocycles. The van der Waals surface area contributed by atoms with E-state index < -0.39 is 0 Å². The summed E-state index contributed by atoms with van der Waals surface area (Å²) in [5, 5.41) is 0. The van der Waals surface area contributed by atoms with Crippen molar-refractivity contribution >= 4 is 5.97 Å². The molecule has 0 aromatic heterocycles. The van der Waals surface area contributed by atoms with E-state index >= 15 is 0 Å². The first kappa shape index (κ1) is 13.8. The minimum Gasteiger partial charge on any atom is -0.466 e. The van der Waals surface area contributed by atoms with Crippen molar-refractivity contribution < 1.29 is 9.53 Å². The molecule has 0 aliphatic carbocycles. The van der Waals surface area contributed by atoms with Crippen molar-refractivity contribution in [2.75, 3.05) is 6.61 Å². The molecule has 2 heteroatoms. The fourth-order valence-electron chi connectivity index (χ4n) is 1.81. The Morgan fingerprint density at radius 1 is 1.24 bits per heavy atom. The van der Waals surface area contributed by atoms with Crippen LogP contribution in [0.15, 0.2) is 24.3 Å². The van der Waals surface area contributed by atoms with Crippen LogP contribution in [-0.2, 0) is 9.53 Å². The standard InChI is InChI=1S/C15H22O2/c1-5-17-15(16)9-12(4)14-8-6-7-13(10-14)11(2)3/h6-8,10-12H,5,9H2,1-4H3. The number of hydrogen-bond donors (Lipinski definition) is 0. The number of carbonyl (C=O) groups is 1. The third-order valence-electron chi connectivity index (χ3n) is 2.92. The summed E-state index contributed by atoms with van der Waals surface area (Å²) >= 11 is 0. The third kappa shape index (κ3) is 4.22. The largest absolute Gasteiger partial charge is 0.466 e. The van der Waals surface area contributed by atoms with Crippen LogP contribution < -0.4 is 0 Å². The highest BCUT2D eigenvalue weighted by molar-refractivity contribution is 5.70. The Labute approximate surface area is 104 Å². The van der Waals surface area contributed by atoms with E-state index in [0.717, 1.165) is 0 Å². The third-order valence-corrected chi connectivity index (χ3v) is 2.92. The average molecular weight is 234 g/mol. The summed E-state index contributed by atoms with van der Waals surface area (Å²) in [5.74, 6) is 0.618. The zero-order valence-corrected chi connectivity index (χ0v) is 11.2. The number of benzene rings is 1. The van der Waals surface area contributed by atoms with Gasteiger partial charge in [0.05, 0.1) is 13.0 Å². The Balaban J connectivity index is 2.71. The fraction of sp³-hybridized carbons (Fsp3) is 0.533. The summed E-state index contributed by atoms with van der Waals surface area (Å²) in [6.45, 7) is 8.71. The molecular weight excluding hydrogens is 212 g/mol. The lowest BCUT2D eigenvalue weighted by atomic mass is 9.93. The van der Waals surface area contributed by atoms with Gasteiger partial charge in [-0.05, 0) is 29.9 Å². The molecule has 0 fully saturated rings. The Kier molecular flexibility index (Phi) is 5.20. The molecule has 1 aromatic rings. The minimum absolute atomic E-state index is 0.116. The summed E-state index contributed by atoms with van der Waals surface area (Å²) in [4.78, 5) is 11.4. The van der Waals surface area contributed by atoms with Crippen LogP contribution in [0.5, 0.6) is 0 Å². The van der Waals surface area contributed by atoms with Crippen LogP contribution in [0.2, 0.25) is 0 Å². The van der Waals surface area contributed by atoms with Gasteiger partial charge in [-0.25, -0.2) is 0 Å². The quantitative estimate of drug-likeness (QED) is 0.723. The normalized spacial score (nSPS) is 12.5. The first-order valence-corrected chi connectivity index (χ1v) is 6.30. The first-order chi connectivity index (χ1) is 8.04. The Hall–Kier alpha value is -1.31. The van der Waals surface area contributed by atoms with Gasteiger partial charge in [0.2, 0.25) is 0 Å². The average Bonchev–Trinajstić information content (AvgIpc) is 2.29. The van der Waals surface area contributed by atoms with Gasteiger partial charge in [-0.3, -0.25) is 4.79 Å². The van der Waals surface area contributed by atoms with E-state index in [9.17, 15) is 4.79 Å². The van der Waals surface area contributed by atoms with Gasteiger partial charge in [0.1, 0.15) is 0 Å². The van der Waals surface area contributed by atoms with Crippen molar-refractivity contribution in [1.29, 1.82) is 0 Å². The van der Waals surface area contributed by atoms with Crippen molar-refractivity contribution in [1.82, 2.24) is 0 Å². The van der Waals surface area contributed by atoms with Gasteiger partial charge in [0, 0.05) is 0 Å². The monoisotopic (exact) mass is 234 g/mol. The Morgan fingerprint density at radius 2 is 1.88 bits per heavy atom. The van der Waals surface area contributed by atoms with E-state index in [2.05, 4.69) is 45.0 Å². The first-order valence-electron chi connectivity index (χ1n) is 6.30. The summed E-state index contributed by atoms with van der Waals surface area (Å²) in [7, 11) is 0. The molecular formula is C15H22O2. The maximum atomic E-state index is 11.4. The molecule has 0 radical (unpaired) electrons. The van der Waals surface area contributed by atoms with Crippen molar-refractivity contribution in [2.24, 2.45) is 0 Å². The lowest BCUT2D eigenvalue weighted by Crippen LogP contribution is -2.08. The molecule has 94 valence electrons. The smallest absolute Gasteiger partial charge is 0.306 e. The Morgan fingerprint density at radius 3 is 2.47 bits per heavy atom. The van der Waals surface area contributed by atoms with Gasteiger partial charge in [-0.15, -0.1) is 0 Å².